The number of amides is 1. The van der Waals surface area contributed by atoms with Gasteiger partial charge < -0.3 is 10.6 Å². The highest BCUT2D eigenvalue weighted by atomic mass is 32.2. The zero-order chi connectivity index (χ0) is 15.5. The molecule has 116 valence electrons. The molecular formula is C14H21N3O3S. The van der Waals surface area contributed by atoms with Gasteiger partial charge in [-0.25, -0.2) is 8.42 Å². The normalized spacial score (nSPS) is 22.6. The molecule has 1 atom stereocenters. The fourth-order valence-corrected chi connectivity index (χ4v) is 2.96. The second-order valence-corrected chi connectivity index (χ2v) is 7.50. The van der Waals surface area contributed by atoms with E-state index in [0.717, 1.165) is 25.6 Å². The smallest absolute Gasteiger partial charge is 0.231 e. The third-order valence-electron chi connectivity index (χ3n) is 3.57. The molecule has 1 fully saturated rings. The van der Waals surface area contributed by atoms with Gasteiger partial charge in [0.25, 0.3) is 0 Å². The molecule has 0 spiro atoms. The second kappa shape index (κ2) is 6.03. The van der Waals surface area contributed by atoms with Crippen LogP contribution in [0.1, 0.15) is 19.8 Å². The third kappa shape index (κ3) is 4.44. The molecule has 1 aromatic rings. The van der Waals surface area contributed by atoms with E-state index in [-0.39, 0.29) is 5.91 Å². The van der Waals surface area contributed by atoms with Crippen molar-refractivity contribution in [2.24, 2.45) is 5.41 Å². The van der Waals surface area contributed by atoms with Gasteiger partial charge in [-0.15, -0.1) is 0 Å². The number of hydrogen-bond donors (Lipinski definition) is 3. The van der Waals surface area contributed by atoms with Gasteiger partial charge in [-0.2, -0.15) is 0 Å². The Labute approximate surface area is 125 Å². The van der Waals surface area contributed by atoms with Crippen LogP contribution in [-0.4, -0.2) is 33.7 Å². The number of sulfonamides is 1. The molecule has 3 N–H and O–H groups in total. The standard InChI is InChI=1S/C14H21N3O3S/c1-14(7-4-8-15-10-14)13(18)16-11-5-3-6-12(9-11)17-21(2,19)20/h3,5-6,9,15,17H,4,7-8,10H2,1-2H3,(H,16,18). The average molecular weight is 311 g/mol. The topological polar surface area (TPSA) is 87.3 Å². The lowest BCUT2D eigenvalue weighted by molar-refractivity contribution is -0.125. The highest BCUT2D eigenvalue weighted by Gasteiger charge is 2.34. The van der Waals surface area contributed by atoms with Crippen LogP contribution in [0.2, 0.25) is 0 Å². The van der Waals surface area contributed by atoms with Crippen LogP contribution in [0.3, 0.4) is 0 Å². The summed E-state index contributed by atoms with van der Waals surface area (Å²) in [5.41, 5.74) is 0.584. The zero-order valence-corrected chi connectivity index (χ0v) is 13.1. The molecule has 21 heavy (non-hydrogen) atoms. The molecule has 0 aliphatic carbocycles. The molecule has 1 aliphatic rings. The molecule has 7 heteroatoms. The highest BCUT2D eigenvalue weighted by Crippen LogP contribution is 2.27. The Morgan fingerprint density at radius 3 is 2.67 bits per heavy atom. The van der Waals surface area contributed by atoms with Gasteiger partial charge in [-0.3, -0.25) is 9.52 Å². The van der Waals surface area contributed by atoms with Crippen molar-refractivity contribution in [3.63, 3.8) is 0 Å². The Kier molecular flexibility index (Phi) is 4.53. The van der Waals surface area contributed by atoms with Crippen molar-refractivity contribution in [2.45, 2.75) is 19.8 Å². The molecule has 0 aromatic heterocycles. The second-order valence-electron chi connectivity index (χ2n) is 5.75. The average Bonchev–Trinajstić information content (AvgIpc) is 2.38. The van der Waals surface area contributed by atoms with E-state index < -0.39 is 15.4 Å². The number of nitrogens with one attached hydrogen (secondary N) is 3. The van der Waals surface area contributed by atoms with Crippen LogP contribution in [0.4, 0.5) is 11.4 Å². The van der Waals surface area contributed by atoms with Crippen molar-refractivity contribution >= 4 is 27.3 Å². The Hall–Kier alpha value is -1.60. The van der Waals surface area contributed by atoms with Gasteiger partial charge in [0, 0.05) is 12.2 Å². The fourth-order valence-electron chi connectivity index (χ4n) is 2.41. The SMILES string of the molecule is CC1(C(=O)Nc2cccc(NS(C)(=O)=O)c2)CCCNC1. The minimum atomic E-state index is -3.33. The van der Waals surface area contributed by atoms with Crippen molar-refractivity contribution in [3.8, 4) is 0 Å². The lowest BCUT2D eigenvalue weighted by Crippen LogP contribution is -2.46. The van der Waals surface area contributed by atoms with Crippen molar-refractivity contribution in [2.75, 3.05) is 29.4 Å². The quantitative estimate of drug-likeness (QED) is 0.784. The van der Waals surface area contributed by atoms with E-state index in [1.165, 1.54) is 0 Å². The molecule has 1 saturated heterocycles. The number of carbonyl (C=O) groups excluding carboxylic acids is 1. The Morgan fingerprint density at radius 2 is 2.05 bits per heavy atom. The molecular weight excluding hydrogens is 290 g/mol. The van der Waals surface area contributed by atoms with E-state index in [2.05, 4.69) is 15.4 Å². The summed E-state index contributed by atoms with van der Waals surface area (Å²) in [5.74, 6) is -0.0498. The summed E-state index contributed by atoms with van der Waals surface area (Å²) < 4.78 is 24.8. The van der Waals surface area contributed by atoms with E-state index in [0.29, 0.717) is 17.9 Å². The molecule has 1 aliphatic heterocycles. The van der Waals surface area contributed by atoms with Crippen molar-refractivity contribution in [1.82, 2.24) is 5.32 Å². The van der Waals surface area contributed by atoms with Crippen LogP contribution in [0.15, 0.2) is 24.3 Å². The van der Waals surface area contributed by atoms with Crippen LogP contribution in [0.5, 0.6) is 0 Å². The first-order chi connectivity index (χ1) is 9.78. The first kappa shape index (κ1) is 15.8. The molecule has 0 saturated carbocycles. The summed E-state index contributed by atoms with van der Waals surface area (Å²) in [6.07, 6.45) is 2.90. The summed E-state index contributed by atoms with van der Waals surface area (Å²) in [7, 11) is -3.33. The maximum absolute atomic E-state index is 12.4. The Balaban J connectivity index is 2.09. The summed E-state index contributed by atoms with van der Waals surface area (Å²) in [4.78, 5) is 12.4. The molecule has 1 unspecified atom stereocenters. The summed E-state index contributed by atoms with van der Waals surface area (Å²) in [5, 5.41) is 6.10. The molecule has 0 radical (unpaired) electrons. The Bertz CT molecular complexity index is 622. The monoisotopic (exact) mass is 311 g/mol. The summed E-state index contributed by atoms with van der Waals surface area (Å²) in [6, 6.07) is 6.69. The minimum absolute atomic E-state index is 0.0498. The predicted molar refractivity (Wildman–Crippen MR) is 83.7 cm³/mol. The third-order valence-corrected chi connectivity index (χ3v) is 4.18. The van der Waals surface area contributed by atoms with Crippen molar-refractivity contribution in [1.29, 1.82) is 0 Å². The van der Waals surface area contributed by atoms with Crippen LogP contribution in [-0.2, 0) is 14.8 Å². The molecule has 2 rings (SSSR count). The number of benzene rings is 1. The van der Waals surface area contributed by atoms with E-state index in [9.17, 15) is 13.2 Å². The van der Waals surface area contributed by atoms with Gasteiger partial charge in [-0.05, 0) is 44.5 Å². The minimum Gasteiger partial charge on any atom is -0.326 e. The number of anilines is 2. The van der Waals surface area contributed by atoms with Crippen molar-refractivity contribution in [3.05, 3.63) is 24.3 Å². The largest absolute Gasteiger partial charge is 0.326 e. The van der Waals surface area contributed by atoms with Crippen LogP contribution in [0, 0.1) is 5.41 Å². The van der Waals surface area contributed by atoms with Gasteiger partial charge in [0.15, 0.2) is 0 Å². The van der Waals surface area contributed by atoms with Crippen LogP contribution in [0.25, 0.3) is 0 Å². The van der Waals surface area contributed by atoms with Crippen LogP contribution < -0.4 is 15.4 Å². The highest BCUT2D eigenvalue weighted by molar-refractivity contribution is 7.92. The summed E-state index contributed by atoms with van der Waals surface area (Å²) >= 11 is 0. The molecule has 0 bridgehead atoms. The van der Waals surface area contributed by atoms with Crippen LogP contribution >= 0.6 is 0 Å². The maximum atomic E-state index is 12.4. The Morgan fingerprint density at radius 1 is 1.33 bits per heavy atom. The first-order valence-electron chi connectivity index (χ1n) is 6.89. The fraction of sp³-hybridized carbons (Fsp3) is 0.500. The van der Waals surface area contributed by atoms with Gasteiger partial charge >= 0.3 is 0 Å². The number of piperidine rings is 1. The first-order valence-corrected chi connectivity index (χ1v) is 8.78. The number of rotatable bonds is 4. The summed E-state index contributed by atoms with van der Waals surface area (Å²) in [6.45, 7) is 3.53. The van der Waals surface area contributed by atoms with E-state index >= 15 is 0 Å². The molecule has 1 heterocycles. The van der Waals surface area contributed by atoms with Gasteiger partial charge in [0.2, 0.25) is 15.9 Å². The lowest BCUT2D eigenvalue weighted by atomic mass is 9.82. The molecule has 1 aromatic carbocycles. The van der Waals surface area contributed by atoms with Gasteiger partial charge in [-0.1, -0.05) is 6.07 Å². The van der Waals surface area contributed by atoms with E-state index in [1.54, 1.807) is 24.3 Å². The number of carbonyl (C=O) groups is 1. The van der Waals surface area contributed by atoms with Crippen molar-refractivity contribution < 1.29 is 13.2 Å². The van der Waals surface area contributed by atoms with E-state index in [4.69, 9.17) is 0 Å². The van der Waals surface area contributed by atoms with E-state index in [1.807, 2.05) is 6.92 Å². The zero-order valence-electron chi connectivity index (χ0n) is 12.3. The molecule has 6 nitrogen and oxygen atoms in total. The lowest BCUT2D eigenvalue weighted by Gasteiger charge is -2.32. The number of hydrogen-bond acceptors (Lipinski definition) is 4. The van der Waals surface area contributed by atoms with Gasteiger partial charge in [0.1, 0.15) is 0 Å². The molecule has 1 amide bonds. The van der Waals surface area contributed by atoms with Gasteiger partial charge in [0.05, 0.1) is 17.4 Å². The predicted octanol–water partition coefficient (Wildman–Crippen LogP) is 1.39. The maximum Gasteiger partial charge on any atom is 0.231 e.